The molecule has 33 heavy (non-hydrogen) atoms. The Morgan fingerprint density at radius 1 is 1.21 bits per heavy atom. The first-order valence-corrected chi connectivity index (χ1v) is 10.6. The molecule has 0 fully saturated rings. The average molecular weight is 461 g/mol. The number of fused-ring (bicyclic) bond motifs is 4. The molecule has 2 heterocycles. The van der Waals surface area contributed by atoms with Crippen LogP contribution >= 0.6 is 0 Å². The van der Waals surface area contributed by atoms with Crippen LogP contribution < -0.4 is 16.0 Å². The number of hydrogen-bond donors (Lipinski definition) is 4. The fourth-order valence-electron chi connectivity index (χ4n) is 3.39. The van der Waals surface area contributed by atoms with E-state index in [1.54, 1.807) is 20.8 Å². The summed E-state index contributed by atoms with van der Waals surface area (Å²) < 4.78 is 24.9. The van der Waals surface area contributed by atoms with E-state index in [1.165, 1.54) is 25.3 Å². The minimum Gasteiger partial charge on any atom is -0.453 e. The number of carbonyl (C=O) groups excluding carboxylic acids is 3. The Labute approximate surface area is 190 Å². The molecule has 1 aliphatic heterocycles. The number of methoxy groups -OCH3 is 1. The van der Waals surface area contributed by atoms with Crippen molar-refractivity contribution in [1.82, 2.24) is 15.3 Å². The van der Waals surface area contributed by atoms with Gasteiger partial charge in [-0.3, -0.25) is 10.1 Å². The molecule has 2 bridgehead atoms. The lowest BCUT2D eigenvalue weighted by Crippen LogP contribution is -2.35. The molecule has 1 atom stereocenters. The van der Waals surface area contributed by atoms with Gasteiger partial charge < -0.3 is 25.1 Å². The number of anilines is 2. The number of hydrogen-bond acceptors (Lipinski definition) is 6. The van der Waals surface area contributed by atoms with Crippen LogP contribution in [0.4, 0.5) is 25.4 Å². The second-order valence-electron chi connectivity index (χ2n) is 8.65. The van der Waals surface area contributed by atoms with E-state index >= 15 is 0 Å². The molecule has 4 N–H and O–H groups in total. The lowest BCUT2D eigenvalue weighted by atomic mass is 10.1. The van der Waals surface area contributed by atoms with Crippen LogP contribution in [0.3, 0.4) is 0 Å². The van der Waals surface area contributed by atoms with E-state index in [0.717, 1.165) is 0 Å². The third kappa shape index (κ3) is 6.43. The standard InChI is InChI=1S/C22H28FN5O5/c1-22(2,3)33-21(31)26-14-7-5-6-8-16(29)25-15-11-12(24-20(30)32-4)9-10-13(15)17-18(23)28-19(14)27-17/h9-11,14H,5-8H2,1-4H3,(H,24,30)(H,25,29)(H,26,31)(H,27,28)/t14-/m0/s1. The molecule has 3 amide bonds. The van der Waals surface area contributed by atoms with Crippen molar-refractivity contribution in [2.45, 2.75) is 58.1 Å². The van der Waals surface area contributed by atoms with E-state index in [9.17, 15) is 18.8 Å². The summed E-state index contributed by atoms with van der Waals surface area (Å²) >= 11 is 0. The van der Waals surface area contributed by atoms with Gasteiger partial charge in [0.1, 0.15) is 17.1 Å². The number of rotatable bonds is 2. The zero-order chi connectivity index (χ0) is 24.2. The van der Waals surface area contributed by atoms with Gasteiger partial charge in [-0.2, -0.15) is 4.39 Å². The van der Waals surface area contributed by atoms with Crippen molar-refractivity contribution in [3.63, 3.8) is 0 Å². The molecule has 0 saturated heterocycles. The Morgan fingerprint density at radius 3 is 2.67 bits per heavy atom. The molecule has 10 nitrogen and oxygen atoms in total. The van der Waals surface area contributed by atoms with Crippen LogP contribution in [0.1, 0.15) is 58.3 Å². The highest BCUT2D eigenvalue weighted by Gasteiger charge is 2.26. The van der Waals surface area contributed by atoms with Crippen LogP contribution in [0, 0.1) is 5.95 Å². The molecule has 0 aliphatic carbocycles. The van der Waals surface area contributed by atoms with Gasteiger partial charge in [0.05, 0.1) is 18.8 Å². The average Bonchev–Trinajstić information content (AvgIpc) is 3.09. The highest BCUT2D eigenvalue weighted by atomic mass is 19.1. The van der Waals surface area contributed by atoms with Crippen molar-refractivity contribution >= 4 is 29.5 Å². The summed E-state index contributed by atoms with van der Waals surface area (Å²) in [5.74, 6) is -0.743. The summed E-state index contributed by atoms with van der Waals surface area (Å²) in [5, 5.41) is 8.01. The molecular formula is C22H28FN5O5. The van der Waals surface area contributed by atoms with E-state index in [4.69, 9.17) is 4.74 Å². The molecule has 1 aromatic carbocycles. The van der Waals surface area contributed by atoms with Gasteiger partial charge in [-0.1, -0.05) is 6.42 Å². The summed E-state index contributed by atoms with van der Waals surface area (Å²) in [6.07, 6.45) is 0.475. The maximum atomic E-state index is 14.9. The maximum absolute atomic E-state index is 14.9. The zero-order valence-electron chi connectivity index (χ0n) is 19.0. The van der Waals surface area contributed by atoms with Gasteiger partial charge in [-0.05, 0) is 51.8 Å². The van der Waals surface area contributed by atoms with Gasteiger partial charge in [0.2, 0.25) is 11.9 Å². The number of carbonyl (C=O) groups is 3. The molecule has 3 rings (SSSR count). The van der Waals surface area contributed by atoms with Gasteiger partial charge in [0, 0.05) is 17.7 Å². The van der Waals surface area contributed by atoms with Crippen LogP contribution in [0.15, 0.2) is 18.2 Å². The molecule has 0 radical (unpaired) electrons. The number of imidazole rings is 1. The molecule has 0 saturated carbocycles. The Morgan fingerprint density at radius 2 is 1.97 bits per heavy atom. The van der Waals surface area contributed by atoms with Gasteiger partial charge in [0.25, 0.3) is 0 Å². The van der Waals surface area contributed by atoms with Crippen molar-refractivity contribution in [2.75, 3.05) is 17.7 Å². The number of nitrogens with zero attached hydrogens (tertiary/aromatic N) is 1. The van der Waals surface area contributed by atoms with E-state index in [-0.39, 0.29) is 29.5 Å². The fourth-order valence-corrected chi connectivity index (χ4v) is 3.39. The Balaban J connectivity index is 1.98. The van der Waals surface area contributed by atoms with Crippen LogP contribution in [-0.2, 0) is 14.3 Å². The number of H-pyrrole nitrogens is 1. The molecule has 0 unspecified atom stereocenters. The van der Waals surface area contributed by atoms with Crippen molar-refractivity contribution in [3.8, 4) is 11.3 Å². The number of halogens is 1. The summed E-state index contributed by atoms with van der Waals surface area (Å²) in [6.45, 7) is 5.24. The van der Waals surface area contributed by atoms with Crippen molar-refractivity contribution in [3.05, 3.63) is 30.0 Å². The van der Waals surface area contributed by atoms with Gasteiger partial charge in [-0.15, -0.1) is 0 Å². The van der Waals surface area contributed by atoms with Gasteiger partial charge in [0.15, 0.2) is 0 Å². The molecule has 1 aliphatic rings. The normalized spacial score (nSPS) is 16.4. The van der Waals surface area contributed by atoms with Crippen LogP contribution in [-0.4, -0.2) is 40.8 Å². The van der Waals surface area contributed by atoms with Crippen LogP contribution in [0.2, 0.25) is 0 Å². The van der Waals surface area contributed by atoms with E-state index in [2.05, 4.69) is 30.7 Å². The minimum atomic E-state index is -0.718. The van der Waals surface area contributed by atoms with E-state index < -0.39 is 29.8 Å². The third-order valence-corrected chi connectivity index (χ3v) is 4.83. The molecule has 2 aromatic rings. The lowest BCUT2D eigenvalue weighted by molar-refractivity contribution is -0.116. The predicted molar refractivity (Wildman–Crippen MR) is 119 cm³/mol. The summed E-state index contributed by atoms with van der Waals surface area (Å²) in [7, 11) is 1.23. The number of ether oxygens (including phenoxy) is 2. The second kappa shape index (κ2) is 9.88. The summed E-state index contributed by atoms with van der Waals surface area (Å²) in [6, 6.07) is 3.94. The topological polar surface area (TPSA) is 134 Å². The number of aromatic nitrogens is 2. The summed E-state index contributed by atoms with van der Waals surface area (Å²) in [4.78, 5) is 43.3. The zero-order valence-corrected chi connectivity index (χ0v) is 19.0. The van der Waals surface area contributed by atoms with Crippen molar-refractivity contribution in [1.29, 1.82) is 0 Å². The number of alkyl carbamates (subject to hydrolysis) is 1. The number of amides is 3. The molecule has 0 spiro atoms. The lowest BCUT2D eigenvalue weighted by Gasteiger charge is -2.23. The molecule has 178 valence electrons. The third-order valence-electron chi connectivity index (χ3n) is 4.83. The maximum Gasteiger partial charge on any atom is 0.411 e. The minimum absolute atomic E-state index is 0.0264. The number of benzene rings is 1. The number of aromatic amines is 1. The quantitative estimate of drug-likeness (QED) is 0.521. The molecule has 11 heteroatoms. The SMILES string of the molecule is COC(=O)Nc1ccc2c(c1)NC(=O)CCCC[C@H](NC(=O)OC(C)(C)C)c1nc-2c(F)[nH]1. The van der Waals surface area contributed by atoms with Crippen LogP contribution in [0.5, 0.6) is 0 Å². The fraction of sp³-hybridized carbons (Fsp3) is 0.455. The summed E-state index contributed by atoms with van der Waals surface area (Å²) in [5.41, 5.74) is 0.232. The van der Waals surface area contributed by atoms with Crippen LogP contribution in [0.25, 0.3) is 11.3 Å². The Hall–Kier alpha value is -3.63. The van der Waals surface area contributed by atoms with Crippen molar-refractivity contribution in [2.24, 2.45) is 0 Å². The highest BCUT2D eigenvalue weighted by Crippen LogP contribution is 2.33. The van der Waals surface area contributed by atoms with E-state index in [0.29, 0.717) is 30.5 Å². The second-order valence-corrected chi connectivity index (χ2v) is 8.65. The molecular weight excluding hydrogens is 433 g/mol. The van der Waals surface area contributed by atoms with Crippen molar-refractivity contribution < 1.29 is 28.2 Å². The number of nitrogens with one attached hydrogen (secondary N) is 4. The monoisotopic (exact) mass is 461 g/mol. The smallest absolute Gasteiger partial charge is 0.411 e. The highest BCUT2D eigenvalue weighted by molar-refractivity contribution is 5.97. The molecule has 1 aromatic heterocycles. The first kappa shape index (κ1) is 24.0. The van der Waals surface area contributed by atoms with Gasteiger partial charge in [-0.25, -0.2) is 14.6 Å². The first-order valence-electron chi connectivity index (χ1n) is 10.6. The Kier molecular flexibility index (Phi) is 7.19. The predicted octanol–water partition coefficient (Wildman–Crippen LogP) is 4.47. The van der Waals surface area contributed by atoms with E-state index in [1.807, 2.05) is 0 Å². The van der Waals surface area contributed by atoms with Gasteiger partial charge >= 0.3 is 12.2 Å². The largest absolute Gasteiger partial charge is 0.453 e. The Bertz CT molecular complexity index is 1050. The first-order chi connectivity index (χ1) is 15.6.